The summed E-state index contributed by atoms with van der Waals surface area (Å²) in [6.45, 7) is 8.78. The lowest BCUT2D eigenvalue weighted by Crippen LogP contribution is -2.31. The van der Waals surface area contributed by atoms with Crippen LogP contribution in [-0.2, 0) is 7.05 Å². The predicted octanol–water partition coefficient (Wildman–Crippen LogP) is 7.50. The van der Waals surface area contributed by atoms with Gasteiger partial charge in [-0.2, -0.15) is 0 Å². The number of anilines is 2. The third kappa shape index (κ3) is 6.60. The maximum absolute atomic E-state index is 10.5. The molecule has 6 rings (SSSR count). The molecule has 1 aliphatic heterocycles. The number of ether oxygens (including phenoxy) is 1. The normalized spacial score (nSPS) is 15.5. The summed E-state index contributed by atoms with van der Waals surface area (Å²) >= 11 is 0. The molecule has 8 nitrogen and oxygen atoms in total. The van der Waals surface area contributed by atoms with Crippen molar-refractivity contribution < 1.29 is 9.84 Å². The van der Waals surface area contributed by atoms with Crippen molar-refractivity contribution >= 4 is 33.4 Å². The van der Waals surface area contributed by atoms with Crippen molar-refractivity contribution in [1.82, 2.24) is 24.4 Å². The van der Waals surface area contributed by atoms with E-state index in [1.54, 1.807) is 6.33 Å². The molecule has 8 heteroatoms. The molecular formula is C33H40N6O2. The number of nitrogens with zero attached hydrogens (tertiary/aromatic N) is 5. The Morgan fingerprint density at radius 1 is 0.976 bits per heavy atom. The lowest BCUT2D eigenvalue weighted by molar-refractivity contribution is 0.201. The Bertz CT molecular complexity index is 1640. The first-order valence-corrected chi connectivity index (χ1v) is 14.4. The van der Waals surface area contributed by atoms with Gasteiger partial charge in [-0.25, -0.2) is 15.0 Å². The average molecular weight is 553 g/mol. The van der Waals surface area contributed by atoms with E-state index in [0.29, 0.717) is 16.7 Å². The Morgan fingerprint density at radius 2 is 1.83 bits per heavy atom. The summed E-state index contributed by atoms with van der Waals surface area (Å²) in [6, 6.07) is 15.4. The van der Waals surface area contributed by atoms with E-state index < -0.39 is 0 Å². The zero-order valence-electron chi connectivity index (χ0n) is 24.7. The molecule has 1 aliphatic rings. The Hall–Kier alpha value is -4.17. The van der Waals surface area contributed by atoms with Crippen LogP contribution in [0.5, 0.6) is 17.2 Å². The fourth-order valence-corrected chi connectivity index (χ4v) is 5.54. The van der Waals surface area contributed by atoms with Gasteiger partial charge < -0.3 is 24.6 Å². The number of phenols is 1. The summed E-state index contributed by atoms with van der Waals surface area (Å²) in [7, 11) is 4.20. The van der Waals surface area contributed by atoms with Crippen LogP contribution < -0.4 is 10.1 Å². The third-order valence-corrected chi connectivity index (χ3v) is 7.76. The average Bonchev–Trinajstić information content (AvgIpc) is 3.33. The van der Waals surface area contributed by atoms with Crippen LogP contribution in [-0.4, -0.2) is 49.7 Å². The number of imidazole rings is 1. The van der Waals surface area contributed by atoms with Gasteiger partial charge in [0, 0.05) is 25.3 Å². The van der Waals surface area contributed by atoms with Crippen molar-refractivity contribution in [2.24, 2.45) is 13.0 Å². The van der Waals surface area contributed by atoms with Crippen molar-refractivity contribution in [3.8, 4) is 17.2 Å². The van der Waals surface area contributed by atoms with Crippen LogP contribution in [0.3, 0.4) is 0 Å². The van der Waals surface area contributed by atoms with E-state index in [1.807, 2.05) is 74.0 Å². The van der Waals surface area contributed by atoms with E-state index >= 15 is 0 Å². The number of hydrogen-bond donors (Lipinski definition) is 2. The van der Waals surface area contributed by atoms with E-state index in [0.717, 1.165) is 45.3 Å². The van der Waals surface area contributed by atoms with Gasteiger partial charge in [0.05, 0.1) is 28.3 Å². The largest absolute Gasteiger partial charge is 0.507 e. The van der Waals surface area contributed by atoms with Gasteiger partial charge in [0.1, 0.15) is 29.4 Å². The van der Waals surface area contributed by atoms with Crippen molar-refractivity contribution in [1.29, 1.82) is 0 Å². The zero-order valence-corrected chi connectivity index (χ0v) is 24.7. The molecule has 5 aromatic rings. The number of nitrogens with one attached hydrogen (secondary N) is 1. The molecule has 214 valence electrons. The van der Waals surface area contributed by atoms with E-state index in [4.69, 9.17) is 4.74 Å². The van der Waals surface area contributed by atoms with E-state index in [1.165, 1.54) is 45.1 Å². The fraction of sp³-hybridized carbons (Fsp3) is 0.364. The van der Waals surface area contributed by atoms with Gasteiger partial charge >= 0.3 is 0 Å². The highest BCUT2D eigenvalue weighted by Gasteiger charge is 2.15. The highest BCUT2D eigenvalue weighted by atomic mass is 16.5. The van der Waals surface area contributed by atoms with E-state index in [-0.39, 0.29) is 5.75 Å². The first kappa shape index (κ1) is 28.4. The van der Waals surface area contributed by atoms with Crippen LogP contribution in [0, 0.1) is 19.8 Å². The van der Waals surface area contributed by atoms with Crippen molar-refractivity contribution in [3.63, 3.8) is 0 Å². The molecule has 0 aliphatic carbocycles. The topological polar surface area (TPSA) is 88.3 Å². The van der Waals surface area contributed by atoms with Crippen LogP contribution in [0.2, 0.25) is 0 Å². The maximum atomic E-state index is 10.5. The number of hydrogen-bond acceptors (Lipinski definition) is 7. The standard InChI is InChI=1S/C24H21N5O2.C9H19N/c1-14-4-7-18-22(23(14)30)24(26-12-25-18)28-16-5-9-21(15(2)10-16)31-17-6-8-20-19(11-17)27-13-29(20)3;1-3-5-9-6-4-7-10(2)8-9/h4-13,30H,1-3H3,(H,25,26,28);9H,3-8H2,1-2H3. The Balaban J connectivity index is 0.000000287. The first-order valence-electron chi connectivity index (χ1n) is 14.4. The molecule has 1 fully saturated rings. The summed E-state index contributed by atoms with van der Waals surface area (Å²) < 4.78 is 8.07. The predicted molar refractivity (Wildman–Crippen MR) is 166 cm³/mol. The van der Waals surface area contributed by atoms with Crippen LogP contribution in [0.1, 0.15) is 43.7 Å². The maximum Gasteiger partial charge on any atom is 0.145 e. The highest BCUT2D eigenvalue weighted by Crippen LogP contribution is 2.35. The lowest BCUT2D eigenvalue weighted by atomic mass is 9.94. The number of aryl methyl sites for hydroxylation is 3. The number of fused-ring (bicyclic) bond motifs is 2. The van der Waals surface area contributed by atoms with E-state index in [9.17, 15) is 5.11 Å². The van der Waals surface area contributed by atoms with Gasteiger partial charge in [0.25, 0.3) is 0 Å². The minimum atomic E-state index is 0.183. The number of benzene rings is 3. The Labute approximate surface area is 242 Å². The zero-order chi connectivity index (χ0) is 28.9. The molecule has 1 unspecified atom stereocenters. The molecule has 2 aromatic heterocycles. The van der Waals surface area contributed by atoms with Crippen molar-refractivity contribution in [2.45, 2.75) is 46.5 Å². The van der Waals surface area contributed by atoms with Crippen LogP contribution >= 0.6 is 0 Å². The van der Waals surface area contributed by atoms with Crippen LogP contribution in [0.15, 0.2) is 61.2 Å². The van der Waals surface area contributed by atoms with Crippen molar-refractivity contribution in [3.05, 3.63) is 72.3 Å². The SMILES string of the molecule is CCCC1CCCN(C)C1.Cc1cc(Nc2ncnc3ccc(C)c(O)c23)ccc1Oc1ccc2c(c1)ncn2C. The van der Waals surface area contributed by atoms with Gasteiger partial charge in [-0.3, -0.25) is 0 Å². The number of phenolic OH excluding ortho intramolecular Hbond substituents is 1. The molecule has 0 amide bonds. The second-order valence-corrected chi connectivity index (χ2v) is 11.1. The molecule has 3 heterocycles. The number of rotatable bonds is 6. The smallest absolute Gasteiger partial charge is 0.145 e. The minimum absolute atomic E-state index is 0.183. The Morgan fingerprint density at radius 3 is 2.61 bits per heavy atom. The molecule has 0 radical (unpaired) electrons. The first-order chi connectivity index (χ1) is 19.8. The summed E-state index contributed by atoms with van der Waals surface area (Å²) in [5.41, 5.74) is 5.20. The molecule has 0 saturated carbocycles. The second kappa shape index (κ2) is 12.6. The van der Waals surface area contributed by atoms with Crippen LogP contribution in [0.4, 0.5) is 11.5 Å². The molecule has 2 N–H and O–H groups in total. The van der Waals surface area contributed by atoms with Gasteiger partial charge in [-0.15, -0.1) is 0 Å². The molecule has 0 spiro atoms. The highest BCUT2D eigenvalue weighted by molar-refractivity contribution is 5.96. The van der Waals surface area contributed by atoms with Crippen molar-refractivity contribution in [2.75, 3.05) is 25.5 Å². The molecule has 0 bridgehead atoms. The summed E-state index contributed by atoms with van der Waals surface area (Å²) in [4.78, 5) is 15.4. The fourth-order valence-electron chi connectivity index (χ4n) is 5.54. The lowest BCUT2D eigenvalue weighted by Gasteiger charge is -2.29. The van der Waals surface area contributed by atoms with E-state index in [2.05, 4.69) is 39.1 Å². The minimum Gasteiger partial charge on any atom is -0.507 e. The number of piperidine rings is 1. The van der Waals surface area contributed by atoms with Gasteiger partial charge in [-0.1, -0.05) is 19.4 Å². The monoisotopic (exact) mass is 552 g/mol. The van der Waals surface area contributed by atoms with Gasteiger partial charge in [-0.05, 0) is 100 Å². The molecule has 3 aromatic carbocycles. The summed E-state index contributed by atoms with van der Waals surface area (Å²) in [5.74, 6) is 3.23. The summed E-state index contributed by atoms with van der Waals surface area (Å²) in [5, 5.41) is 14.4. The Kier molecular flexibility index (Phi) is 8.69. The quantitative estimate of drug-likeness (QED) is 0.225. The van der Waals surface area contributed by atoms with Gasteiger partial charge in [0.2, 0.25) is 0 Å². The summed E-state index contributed by atoms with van der Waals surface area (Å²) in [6.07, 6.45) is 8.95. The number of aromatic hydroxyl groups is 1. The number of likely N-dealkylation sites (tertiary alicyclic amines) is 1. The number of aromatic nitrogens is 4. The second-order valence-electron chi connectivity index (χ2n) is 11.1. The van der Waals surface area contributed by atoms with Gasteiger partial charge in [0.15, 0.2) is 0 Å². The third-order valence-electron chi connectivity index (χ3n) is 7.76. The molecular weight excluding hydrogens is 512 g/mol. The molecule has 1 saturated heterocycles. The molecule has 1 atom stereocenters. The molecule has 41 heavy (non-hydrogen) atoms. The van der Waals surface area contributed by atoms with Crippen LogP contribution in [0.25, 0.3) is 21.9 Å².